The first-order valence-corrected chi connectivity index (χ1v) is 3.23. The summed E-state index contributed by atoms with van der Waals surface area (Å²) in [6.07, 6.45) is 0. The number of rotatable bonds is 1. The zero-order valence-electron chi connectivity index (χ0n) is 3.79. The quantitative estimate of drug-likeness (QED) is 0.356. The molecule has 0 heterocycles. The van der Waals surface area contributed by atoms with Crippen LogP contribution in [0.2, 0.25) is 0 Å². The maximum Gasteiger partial charge on any atom is 0.182 e. The Hall–Kier alpha value is -0.190. The summed E-state index contributed by atoms with van der Waals surface area (Å²) < 4.78 is 22.8. The lowest BCUT2D eigenvalue weighted by Gasteiger charge is -2.03. The van der Waals surface area contributed by atoms with Crippen molar-refractivity contribution in [2.75, 3.05) is 6.54 Å². The third-order valence-corrected chi connectivity index (χ3v) is 0.864. The predicted molar refractivity (Wildman–Crippen MR) is 28.6 cm³/mol. The van der Waals surface area contributed by atoms with E-state index >= 15 is 0 Å². The molecule has 0 aromatic rings. The van der Waals surface area contributed by atoms with Gasteiger partial charge in [-0.05, 0) is 0 Å². The molecule has 0 unspecified atom stereocenters. The molecule has 7 heavy (non-hydrogen) atoms. The van der Waals surface area contributed by atoms with E-state index in [9.17, 15) is 9.11 Å². The average molecular weight is 120 g/mol. The normalized spacial score (nSPS) is 18.0. The first-order chi connectivity index (χ1) is 3.06. The van der Waals surface area contributed by atoms with Gasteiger partial charge in [0, 0.05) is 0 Å². The van der Waals surface area contributed by atoms with Crippen LogP contribution in [0.5, 0.6) is 0 Å². The number of hydrogen-bond donors (Lipinski definition) is 0. The minimum absolute atomic E-state index is 0.0336. The van der Waals surface area contributed by atoms with E-state index in [2.05, 4.69) is 17.2 Å². The Morgan fingerprint density at radius 3 is 2.43 bits per heavy atom. The fraction of sp³-hybridized carbons (Fsp3) is 0.333. The summed E-state index contributed by atoms with van der Waals surface area (Å²) in [6.45, 7) is 3.22. The van der Waals surface area contributed by atoms with E-state index in [-0.39, 0.29) is 6.54 Å². The van der Waals surface area contributed by atoms with Crippen molar-refractivity contribution in [1.29, 1.82) is 0 Å². The lowest BCUT2D eigenvalue weighted by atomic mass is 10.8. The third kappa shape index (κ3) is 5.81. The molecule has 0 amide bonds. The van der Waals surface area contributed by atoms with Crippen LogP contribution >= 0.6 is 0 Å². The van der Waals surface area contributed by atoms with Gasteiger partial charge < -0.3 is 4.55 Å². The van der Waals surface area contributed by atoms with Crippen LogP contribution in [0.3, 0.4) is 0 Å². The highest BCUT2D eigenvalue weighted by Crippen LogP contribution is 1.79. The topological polar surface area (TPSA) is 55.3 Å². The summed E-state index contributed by atoms with van der Waals surface area (Å²) in [7, 11) is -3.36. The van der Waals surface area contributed by atoms with Gasteiger partial charge in [-0.1, -0.05) is 15.8 Å². The van der Waals surface area contributed by atoms with Gasteiger partial charge in [-0.25, -0.2) is 4.36 Å². The fourth-order valence-corrected chi connectivity index (χ4v) is 0.417. The highest BCUT2D eigenvalue weighted by molar-refractivity contribution is 7.91. The maximum atomic E-state index is 9.91. The van der Waals surface area contributed by atoms with E-state index in [1.54, 1.807) is 0 Å². The Labute approximate surface area is 43.7 Å². The molecule has 0 aliphatic carbocycles. The molecule has 3 nitrogen and oxygen atoms in total. The van der Waals surface area contributed by atoms with Crippen LogP contribution in [-0.2, 0) is 14.5 Å². The average Bonchev–Trinajstić information content (AvgIpc) is 1.30. The Kier molecular flexibility index (Phi) is 2.14. The summed E-state index contributed by atoms with van der Waals surface area (Å²) in [5, 5.41) is 0. The van der Waals surface area contributed by atoms with Gasteiger partial charge in [0.25, 0.3) is 0 Å². The fourth-order valence-electron chi connectivity index (χ4n) is 0.139. The number of hydrogen-bond acceptors (Lipinski definition) is 2. The molecule has 0 fully saturated rings. The van der Waals surface area contributed by atoms with Crippen molar-refractivity contribution in [3.05, 3.63) is 6.92 Å². The Morgan fingerprint density at radius 1 is 2.00 bits per heavy atom. The van der Waals surface area contributed by atoms with Crippen molar-refractivity contribution in [2.45, 2.75) is 0 Å². The van der Waals surface area contributed by atoms with Crippen LogP contribution in [0.15, 0.2) is 4.36 Å². The molecular weight excluding hydrogens is 114 g/mol. The molecule has 0 saturated heterocycles. The van der Waals surface area contributed by atoms with Crippen LogP contribution in [-0.4, -0.2) is 17.0 Å². The largest absolute Gasteiger partial charge is 0.771 e. The molecule has 41 valence electrons. The SMILES string of the molecule is C=S([O])([O-])=NC[CH2+]. The molecule has 0 spiro atoms. The van der Waals surface area contributed by atoms with Crippen LogP contribution in [0.1, 0.15) is 0 Å². The minimum Gasteiger partial charge on any atom is -0.771 e. The van der Waals surface area contributed by atoms with Crippen LogP contribution < -0.4 is 0 Å². The standard InChI is InChI=1S/C3H6NO2S/c1-3-4-7(2,5)6/h1-3H2. The van der Waals surface area contributed by atoms with Gasteiger partial charge >= 0.3 is 0 Å². The van der Waals surface area contributed by atoms with Crippen molar-refractivity contribution < 1.29 is 9.11 Å². The lowest BCUT2D eigenvalue weighted by Crippen LogP contribution is -1.90. The molecule has 0 saturated carbocycles. The van der Waals surface area contributed by atoms with Crippen LogP contribution in [0.25, 0.3) is 0 Å². The van der Waals surface area contributed by atoms with E-state index in [1.165, 1.54) is 0 Å². The Morgan fingerprint density at radius 2 is 2.43 bits per heavy atom. The maximum absolute atomic E-state index is 9.91. The van der Waals surface area contributed by atoms with Gasteiger partial charge in [0.1, 0.15) is 0 Å². The van der Waals surface area contributed by atoms with Gasteiger partial charge in [-0.15, -0.1) is 0 Å². The van der Waals surface area contributed by atoms with Crippen LogP contribution in [0, 0.1) is 6.92 Å². The molecule has 0 aromatic heterocycles. The molecule has 0 atom stereocenters. The molecule has 0 bridgehead atoms. The summed E-state index contributed by atoms with van der Waals surface area (Å²) in [4.78, 5) is 0. The zero-order valence-corrected chi connectivity index (χ0v) is 4.61. The third-order valence-electron chi connectivity index (χ3n) is 0.288. The second-order valence-electron chi connectivity index (χ2n) is 0.935. The summed E-state index contributed by atoms with van der Waals surface area (Å²) >= 11 is 0. The molecule has 0 aliphatic rings. The first kappa shape index (κ1) is 6.81. The van der Waals surface area contributed by atoms with Gasteiger partial charge in [-0.2, -0.15) is 4.55 Å². The predicted octanol–water partition coefficient (Wildman–Crippen LogP) is 0.0660. The van der Waals surface area contributed by atoms with Crippen molar-refractivity contribution in [2.24, 2.45) is 4.36 Å². The van der Waals surface area contributed by atoms with Crippen LogP contribution in [0.4, 0.5) is 0 Å². The van der Waals surface area contributed by atoms with Crippen molar-refractivity contribution in [3.8, 4) is 0 Å². The monoisotopic (exact) mass is 120 g/mol. The van der Waals surface area contributed by atoms with Crippen molar-refractivity contribution in [3.63, 3.8) is 0 Å². The minimum atomic E-state index is -3.36. The lowest BCUT2D eigenvalue weighted by molar-refractivity contribution is 0.419. The number of nitrogens with zero attached hydrogens (tertiary/aromatic N) is 1. The molecule has 4 heteroatoms. The molecule has 0 aliphatic heterocycles. The molecule has 0 N–H and O–H groups in total. The van der Waals surface area contributed by atoms with Crippen molar-refractivity contribution >= 4 is 15.8 Å². The van der Waals surface area contributed by atoms with Gasteiger partial charge in [-0.3, -0.25) is 0 Å². The smallest absolute Gasteiger partial charge is 0.182 e. The second-order valence-corrected chi connectivity index (χ2v) is 2.36. The van der Waals surface area contributed by atoms with Gasteiger partial charge in [0.15, 0.2) is 6.54 Å². The summed E-state index contributed by atoms with van der Waals surface area (Å²) in [5.74, 6) is 2.73. The molecule has 0 rings (SSSR count). The first-order valence-electron chi connectivity index (χ1n) is 1.62. The van der Waals surface area contributed by atoms with Gasteiger partial charge in [0.2, 0.25) is 0 Å². The second kappa shape index (κ2) is 2.20. The summed E-state index contributed by atoms with van der Waals surface area (Å²) in [5.41, 5.74) is 0. The molecule has 1 radical (unpaired) electrons. The van der Waals surface area contributed by atoms with E-state index in [0.717, 1.165) is 0 Å². The van der Waals surface area contributed by atoms with E-state index in [0.29, 0.717) is 0 Å². The van der Waals surface area contributed by atoms with Crippen molar-refractivity contribution in [1.82, 2.24) is 0 Å². The molecule has 0 aromatic carbocycles. The highest BCUT2D eigenvalue weighted by atomic mass is 32.2. The van der Waals surface area contributed by atoms with Gasteiger partial charge in [0.05, 0.1) is 6.92 Å². The zero-order chi connectivity index (χ0) is 5.91. The van der Waals surface area contributed by atoms with E-state index < -0.39 is 9.98 Å². The van der Waals surface area contributed by atoms with E-state index in [1.807, 2.05) is 0 Å². The Balaban J connectivity index is 4.02. The molecular formula is C3H6NO2S. The van der Waals surface area contributed by atoms with E-state index in [4.69, 9.17) is 0 Å². The highest BCUT2D eigenvalue weighted by Gasteiger charge is 1.73. The Bertz CT molecular complexity index is 137. The summed E-state index contributed by atoms with van der Waals surface area (Å²) in [6, 6.07) is 0.